The van der Waals surface area contributed by atoms with Crippen LogP contribution in [0, 0.1) is 5.92 Å². The number of rotatable bonds is 4. The van der Waals surface area contributed by atoms with Crippen molar-refractivity contribution in [3.05, 3.63) is 34.9 Å². The van der Waals surface area contributed by atoms with Gasteiger partial charge in [0.25, 0.3) is 0 Å². The minimum Gasteiger partial charge on any atom is -0.379 e. The highest BCUT2D eigenvalue weighted by atomic mass is 127. The lowest BCUT2D eigenvalue weighted by atomic mass is 10.00. The lowest BCUT2D eigenvalue weighted by Crippen LogP contribution is -2.44. The number of nitrogens with two attached hydrogens (primary N) is 1. The summed E-state index contributed by atoms with van der Waals surface area (Å²) in [6.07, 6.45) is 2.38. The summed E-state index contributed by atoms with van der Waals surface area (Å²) < 4.78 is 5.50. The van der Waals surface area contributed by atoms with Gasteiger partial charge in [0.2, 0.25) is 0 Å². The van der Waals surface area contributed by atoms with Gasteiger partial charge in [0, 0.05) is 31.2 Å². The molecule has 3 rings (SSSR count). The zero-order chi connectivity index (χ0) is 17.6. The van der Waals surface area contributed by atoms with Crippen molar-refractivity contribution < 1.29 is 4.74 Å². The standard InChI is InChI=1S/C19H29ClN4O.HI/c1-15-6-8-24(9-7-15)19(21)22-14-18(23-10-12-25-13-11-23)16-4-2-3-5-17(16)20;/h2-5,15,18H,6-14H2,1H3,(H2,21,22);1H. The molecule has 146 valence electrons. The van der Waals surface area contributed by atoms with Gasteiger partial charge in [-0.05, 0) is 30.4 Å². The monoisotopic (exact) mass is 492 g/mol. The van der Waals surface area contributed by atoms with Crippen LogP contribution in [-0.2, 0) is 4.74 Å². The number of hydrogen-bond donors (Lipinski definition) is 1. The molecular formula is C19H30ClIN4O. The Morgan fingerprint density at radius 3 is 2.54 bits per heavy atom. The Labute approximate surface area is 178 Å². The molecule has 0 aliphatic carbocycles. The molecule has 0 aromatic heterocycles. The lowest BCUT2D eigenvalue weighted by Gasteiger charge is -2.35. The van der Waals surface area contributed by atoms with E-state index in [9.17, 15) is 0 Å². The number of nitrogens with zero attached hydrogens (tertiary/aromatic N) is 3. The van der Waals surface area contributed by atoms with Crippen LogP contribution in [0.15, 0.2) is 29.3 Å². The Bertz CT molecular complexity index is 587. The number of ether oxygens (including phenoxy) is 1. The molecule has 2 aliphatic heterocycles. The van der Waals surface area contributed by atoms with Gasteiger partial charge in [-0.15, -0.1) is 24.0 Å². The second-order valence-electron chi connectivity index (χ2n) is 7.05. The van der Waals surface area contributed by atoms with E-state index in [-0.39, 0.29) is 30.0 Å². The summed E-state index contributed by atoms with van der Waals surface area (Å²) in [6.45, 7) is 8.24. The Hall–Kier alpha value is -0.570. The highest BCUT2D eigenvalue weighted by Crippen LogP contribution is 2.28. The molecule has 2 N–H and O–H groups in total. The van der Waals surface area contributed by atoms with Gasteiger partial charge in [-0.2, -0.15) is 0 Å². The fourth-order valence-electron chi connectivity index (χ4n) is 3.56. The highest BCUT2D eigenvalue weighted by Gasteiger charge is 2.25. The van der Waals surface area contributed by atoms with Gasteiger partial charge >= 0.3 is 0 Å². The van der Waals surface area contributed by atoms with Crippen molar-refractivity contribution in [2.45, 2.75) is 25.8 Å². The smallest absolute Gasteiger partial charge is 0.191 e. The molecule has 26 heavy (non-hydrogen) atoms. The fraction of sp³-hybridized carbons (Fsp3) is 0.632. The molecule has 1 aromatic carbocycles. The Morgan fingerprint density at radius 2 is 1.88 bits per heavy atom. The van der Waals surface area contributed by atoms with Gasteiger partial charge in [0.05, 0.1) is 25.8 Å². The largest absolute Gasteiger partial charge is 0.379 e. The van der Waals surface area contributed by atoms with Gasteiger partial charge in [-0.3, -0.25) is 9.89 Å². The summed E-state index contributed by atoms with van der Waals surface area (Å²) >= 11 is 6.47. The summed E-state index contributed by atoms with van der Waals surface area (Å²) in [5.41, 5.74) is 7.41. The summed E-state index contributed by atoms with van der Waals surface area (Å²) in [6, 6.07) is 8.18. The second-order valence-corrected chi connectivity index (χ2v) is 7.46. The number of morpholine rings is 1. The molecule has 2 fully saturated rings. The average molecular weight is 493 g/mol. The second kappa shape index (κ2) is 10.7. The van der Waals surface area contributed by atoms with Gasteiger partial charge in [0.15, 0.2) is 5.96 Å². The molecule has 0 bridgehead atoms. The SMILES string of the molecule is CC1CCN(C(N)=NCC(c2ccccc2Cl)N2CCOCC2)CC1.I. The summed E-state index contributed by atoms with van der Waals surface area (Å²) in [5, 5.41) is 0.791. The minimum absolute atomic E-state index is 0. The van der Waals surface area contributed by atoms with Crippen LogP contribution >= 0.6 is 35.6 Å². The molecule has 2 aliphatic rings. The molecule has 0 saturated carbocycles. The predicted molar refractivity (Wildman–Crippen MR) is 118 cm³/mol. The van der Waals surface area contributed by atoms with E-state index in [1.165, 1.54) is 12.8 Å². The van der Waals surface area contributed by atoms with E-state index in [4.69, 9.17) is 27.1 Å². The van der Waals surface area contributed by atoms with Crippen LogP contribution in [0.25, 0.3) is 0 Å². The molecule has 2 heterocycles. The van der Waals surface area contributed by atoms with E-state index in [1.54, 1.807) is 0 Å². The predicted octanol–water partition coefficient (Wildman–Crippen LogP) is 3.38. The first-order chi connectivity index (χ1) is 12.1. The van der Waals surface area contributed by atoms with E-state index < -0.39 is 0 Å². The van der Waals surface area contributed by atoms with E-state index in [0.29, 0.717) is 12.5 Å². The average Bonchev–Trinajstić information content (AvgIpc) is 2.64. The molecular weight excluding hydrogens is 463 g/mol. The van der Waals surface area contributed by atoms with Crippen molar-refractivity contribution in [3.63, 3.8) is 0 Å². The number of halogens is 2. The number of benzene rings is 1. The first kappa shape index (κ1) is 21.7. The highest BCUT2D eigenvalue weighted by molar-refractivity contribution is 14.0. The van der Waals surface area contributed by atoms with Gasteiger partial charge < -0.3 is 15.4 Å². The number of guanidine groups is 1. The molecule has 0 spiro atoms. The maximum Gasteiger partial charge on any atom is 0.191 e. The molecule has 7 heteroatoms. The van der Waals surface area contributed by atoms with Crippen molar-refractivity contribution >= 4 is 41.5 Å². The van der Waals surface area contributed by atoms with Crippen molar-refractivity contribution in [2.75, 3.05) is 45.9 Å². The Balaban J connectivity index is 0.00000243. The summed E-state index contributed by atoms with van der Waals surface area (Å²) in [5.74, 6) is 1.45. The van der Waals surface area contributed by atoms with Crippen molar-refractivity contribution in [1.29, 1.82) is 0 Å². The third-order valence-electron chi connectivity index (χ3n) is 5.28. The zero-order valence-electron chi connectivity index (χ0n) is 15.4. The van der Waals surface area contributed by atoms with Crippen LogP contribution in [-0.4, -0.2) is 61.7 Å². The van der Waals surface area contributed by atoms with Crippen LogP contribution in [0.5, 0.6) is 0 Å². The number of hydrogen-bond acceptors (Lipinski definition) is 3. The maximum atomic E-state index is 6.47. The third-order valence-corrected chi connectivity index (χ3v) is 5.63. The number of aliphatic imine (C=N–C) groups is 1. The number of piperidine rings is 1. The quantitative estimate of drug-likeness (QED) is 0.398. The Morgan fingerprint density at radius 1 is 1.23 bits per heavy atom. The molecule has 0 radical (unpaired) electrons. The fourth-order valence-corrected chi connectivity index (χ4v) is 3.82. The first-order valence-electron chi connectivity index (χ1n) is 9.26. The third kappa shape index (κ3) is 5.71. The van der Waals surface area contributed by atoms with Crippen LogP contribution in [0.3, 0.4) is 0 Å². The molecule has 5 nitrogen and oxygen atoms in total. The molecule has 1 atom stereocenters. The normalized spacial score (nSPS) is 21.3. The van der Waals surface area contributed by atoms with Crippen LogP contribution < -0.4 is 5.73 Å². The number of likely N-dealkylation sites (tertiary alicyclic amines) is 1. The van der Waals surface area contributed by atoms with E-state index in [2.05, 4.69) is 22.8 Å². The van der Waals surface area contributed by atoms with Crippen LogP contribution in [0.1, 0.15) is 31.4 Å². The topological polar surface area (TPSA) is 54.1 Å². The lowest BCUT2D eigenvalue weighted by molar-refractivity contribution is 0.0179. The van der Waals surface area contributed by atoms with Gasteiger partial charge in [0.1, 0.15) is 0 Å². The van der Waals surface area contributed by atoms with Crippen molar-refractivity contribution in [1.82, 2.24) is 9.80 Å². The first-order valence-corrected chi connectivity index (χ1v) is 9.64. The van der Waals surface area contributed by atoms with Crippen molar-refractivity contribution in [3.8, 4) is 0 Å². The summed E-state index contributed by atoms with van der Waals surface area (Å²) in [7, 11) is 0. The Kier molecular flexibility index (Phi) is 8.93. The van der Waals surface area contributed by atoms with Gasteiger partial charge in [-0.1, -0.05) is 36.7 Å². The van der Waals surface area contributed by atoms with E-state index in [0.717, 1.165) is 55.9 Å². The zero-order valence-corrected chi connectivity index (χ0v) is 18.5. The van der Waals surface area contributed by atoms with Crippen molar-refractivity contribution in [2.24, 2.45) is 16.6 Å². The van der Waals surface area contributed by atoms with E-state index in [1.807, 2.05) is 18.2 Å². The molecule has 1 unspecified atom stereocenters. The maximum absolute atomic E-state index is 6.47. The van der Waals surface area contributed by atoms with Crippen LogP contribution in [0.4, 0.5) is 0 Å². The van der Waals surface area contributed by atoms with Crippen LogP contribution in [0.2, 0.25) is 5.02 Å². The molecule has 1 aromatic rings. The molecule has 2 saturated heterocycles. The summed E-state index contributed by atoms with van der Waals surface area (Å²) in [4.78, 5) is 9.36. The van der Waals surface area contributed by atoms with Gasteiger partial charge in [-0.25, -0.2) is 0 Å². The molecule has 0 amide bonds. The van der Waals surface area contributed by atoms with E-state index >= 15 is 0 Å². The minimum atomic E-state index is 0.